The summed E-state index contributed by atoms with van der Waals surface area (Å²) in [5.41, 5.74) is 0. The Balaban J connectivity index is 2.13. The van der Waals surface area contributed by atoms with E-state index in [1.165, 1.54) is 0 Å². The van der Waals surface area contributed by atoms with Crippen LogP contribution in [0.15, 0.2) is 0 Å². The molecule has 2 rings (SSSR count). The van der Waals surface area contributed by atoms with Crippen molar-refractivity contribution < 1.29 is 18.0 Å². The molecular formula is C9H11F3N4O. The number of aldehydes is 1. The fourth-order valence-electron chi connectivity index (χ4n) is 1.84. The third kappa shape index (κ3) is 2.46. The molecule has 0 unspecified atom stereocenters. The summed E-state index contributed by atoms with van der Waals surface area (Å²) in [5, 5.41) is 6.72. The van der Waals surface area contributed by atoms with Gasteiger partial charge in [-0.25, -0.2) is 0 Å². The van der Waals surface area contributed by atoms with Gasteiger partial charge in [0.1, 0.15) is 12.1 Å². The molecule has 0 radical (unpaired) electrons. The lowest BCUT2D eigenvalue weighted by molar-refractivity contribution is -0.148. The summed E-state index contributed by atoms with van der Waals surface area (Å²) in [5.74, 6) is -0.642. The number of rotatable bonds is 3. The van der Waals surface area contributed by atoms with E-state index in [9.17, 15) is 18.0 Å². The summed E-state index contributed by atoms with van der Waals surface area (Å²) in [6.07, 6.45) is -3.29. The SMILES string of the molecule is O=CCCN1CCn2c(nnc2C(F)(F)F)C1. The second-order valence-electron chi connectivity index (χ2n) is 3.82. The molecular weight excluding hydrogens is 237 g/mol. The first-order chi connectivity index (χ1) is 8.02. The number of hydrogen-bond donors (Lipinski definition) is 0. The van der Waals surface area contributed by atoms with E-state index < -0.39 is 12.0 Å². The molecule has 0 amide bonds. The van der Waals surface area contributed by atoms with Crippen LogP contribution in [0.25, 0.3) is 0 Å². The number of alkyl halides is 3. The van der Waals surface area contributed by atoms with Crippen molar-refractivity contribution in [2.45, 2.75) is 25.7 Å². The van der Waals surface area contributed by atoms with Crippen LogP contribution in [0.5, 0.6) is 0 Å². The van der Waals surface area contributed by atoms with Crippen molar-refractivity contribution >= 4 is 6.29 Å². The number of aromatic nitrogens is 3. The Labute approximate surface area is 95.2 Å². The molecule has 5 nitrogen and oxygen atoms in total. The van der Waals surface area contributed by atoms with Crippen LogP contribution in [-0.4, -0.2) is 39.0 Å². The number of fused-ring (bicyclic) bond motifs is 1. The smallest absolute Gasteiger partial charge is 0.305 e. The Morgan fingerprint density at radius 3 is 2.71 bits per heavy atom. The van der Waals surface area contributed by atoms with E-state index in [1.54, 1.807) is 0 Å². The summed E-state index contributed by atoms with van der Waals surface area (Å²) in [6, 6.07) is 0. The quantitative estimate of drug-likeness (QED) is 0.739. The van der Waals surface area contributed by atoms with Crippen molar-refractivity contribution in [1.29, 1.82) is 0 Å². The van der Waals surface area contributed by atoms with Gasteiger partial charge in [0.05, 0.1) is 6.54 Å². The fourth-order valence-corrected chi connectivity index (χ4v) is 1.84. The average Bonchev–Trinajstić information content (AvgIpc) is 2.68. The molecule has 0 fully saturated rings. The standard InChI is InChI=1S/C9H11F3N4O/c10-9(11,12)8-14-13-7-6-15(2-1-5-17)3-4-16(7)8/h5H,1-4,6H2. The van der Waals surface area contributed by atoms with Gasteiger partial charge in [-0.05, 0) is 0 Å². The summed E-state index contributed by atoms with van der Waals surface area (Å²) >= 11 is 0. The third-order valence-corrected chi connectivity index (χ3v) is 2.65. The van der Waals surface area contributed by atoms with E-state index in [-0.39, 0.29) is 6.54 Å². The van der Waals surface area contributed by atoms with Crippen molar-refractivity contribution in [1.82, 2.24) is 19.7 Å². The first kappa shape index (κ1) is 12.0. The lowest BCUT2D eigenvalue weighted by Gasteiger charge is -2.27. The minimum absolute atomic E-state index is 0.204. The molecule has 1 aliphatic heterocycles. The van der Waals surface area contributed by atoms with Gasteiger partial charge in [0.2, 0.25) is 5.82 Å². The van der Waals surface area contributed by atoms with Gasteiger partial charge in [0.15, 0.2) is 0 Å². The minimum Gasteiger partial charge on any atom is -0.305 e. The van der Waals surface area contributed by atoms with Crippen LogP contribution >= 0.6 is 0 Å². The first-order valence-electron chi connectivity index (χ1n) is 5.17. The van der Waals surface area contributed by atoms with E-state index in [2.05, 4.69) is 10.2 Å². The van der Waals surface area contributed by atoms with Crippen molar-refractivity contribution in [3.63, 3.8) is 0 Å². The molecule has 0 spiro atoms. The van der Waals surface area contributed by atoms with Gasteiger partial charge in [-0.15, -0.1) is 10.2 Å². The highest BCUT2D eigenvalue weighted by Crippen LogP contribution is 2.29. The Morgan fingerprint density at radius 2 is 2.06 bits per heavy atom. The van der Waals surface area contributed by atoms with Crippen LogP contribution in [-0.2, 0) is 24.1 Å². The second-order valence-corrected chi connectivity index (χ2v) is 3.82. The molecule has 0 saturated heterocycles. The highest BCUT2D eigenvalue weighted by molar-refractivity contribution is 5.49. The highest BCUT2D eigenvalue weighted by atomic mass is 19.4. The molecule has 2 heterocycles. The number of halogens is 3. The zero-order chi connectivity index (χ0) is 12.5. The van der Waals surface area contributed by atoms with E-state index in [1.807, 2.05) is 4.90 Å². The van der Waals surface area contributed by atoms with Gasteiger partial charge in [0, 0.05) is 26.1 Å². The zero-order valence-corrected chi connectivity index (χ0v) is 8.94. The molecule has 0 aromatic carbocycles. The zero-order valence-electron chi connectivity index (χ0n) is 8.94. The predicted molar refractivity (Wildman–Crippen MR) is 51.0 cm³/mol. The minimum atomic E-state index is -4.46. The van der Waals surface area contributed by atoms with Crippen LogP contribution in [0, 0.1) is 0 Å². The third-order valence-electron chi connectivity index (χ3n) is 2.65. The molecule has 0 bridgehead atoms. The van der Waals surface area contributed by atoms with E-state index in [4.69, 9.17) is 0 Å². The topological polar surface area (TPSA) is 51.0 Å². The predicted octanol–water partition coefficient (Wildman–Crippen LogP) is 0.701. The highest BCUT2D eigenvalue weighted by Gasteiger charge is 2.39. The molecule has 0 saturated carbocycles. The fraction of sp³-hybridized carbons (Fsp3) is 0.667. The maximum Gasteiger partial charge on any atom is 0.451 e. The maximum absolute atomic E-state index is 12.5. The Morgan fingerprint density at radius 1 is 1.29 bits per heavy atom. The van der Waals surface area contributed by atoms with Crippen LogP contribution < -0.4 is 0 Å². The summed E-state index contributed by atoms with van der Waals surface area (Å²) < 4.78 is 38.7. The Hall–Kier alpha value is -1.44. The summed E-state index contributed by atoms with van der Waals surface area (Å²) in [7, 11) is 0. The number of carbonyl (C=O) groups excluding carboxylic acids is 1. The molecule has 94 valence electrons. The van der Waals surface area contributed by atoms with Crippen molar-refractivity contribution in [3.05, 3.63) is 11.6 Å². The van der Waals surface area contributed by atoms with E-state index >= 15 is 0 Å². The summed E-state index contributed by atoms with van der Waals surface area (Å²) in [4.78, 5) is 12.1. The van der Waals surface area contributed by atoms with Crippen LogP contribution in [0.3, 0.4) is 0 Å². The van der Waals surface area contributed by atoms with Gasteiger partial charge in [0.25, 0.3) is 0 Å². The van der Waals surface area contributed by atoms with Gasteiger partial charge < -0.3 is 9.36 Å². The molecule has 8 heteroatoms. The monoisotopic (exact) mass is 248 g/mol. The molecule has 0 atom stereocenters. The largest absolute Gasteiger partial charge is 0.451 e. The lowest BCUT2D eigenvalue weighted by Crippen LogP contribution is -2.36. The molecule has 0 aliphatic carbocycles. The Bertz CT molecular complexity index is 415. The van der Waals surface area contributed by atoms with Gasteiger partial charge in [-0.3, -0.25) is 4.90 Å². The first-order valence-corrected chi connectivity index (χ1v) is 5.17. The van der Waals surface area contributed by atoms with Crippen LogP contribution in [0.1, 0.15) is 18.1 Å². The number of carbonyl (C=O) groups is 1. The van der Waals surface area contributed by atoms with Crippen LogP contribution in [0.4, 0.5) is 13.2 Å². The number of hydrogen-bond acceptors (Lipinski definition) is 4. The molecule has 0 N–H and O–H groups in total. The molecule has 1 aliphatic rings. The maximum atomic E-state index is 12.5. The normalized spacial score (nSPS) is 16.9. The Kier molecular flexibility index (Phi) is 3.14. The molecule has 1 aromatic heterocycles. The second kappa shape index (κ2) is 4.44. The molecule has 17 heavy (non-hydrogen) atoms. The van der Waals surface area contributed by atoms with Crippen molar-refractivity contribution in [2.75, 3.05) is 13.1 Å². The van der Waals surface area contributed by atoms with Crippen molar-refractivity contribution in [3.8, 4) is 0 Å². The van der Waals surface area contributed by atoms with Crippen LogP contribution in [0.2, 0.25) is 0 Å². The average molecular weight is 248 g/mol. The lowest BCUT2D eigenvalue weighted by atomic mass is 10.3. The van der Waals surface area contributed by atoms with Gasteiger partial charge in [-0.1, -0.05) is 0 Å². The van der Waals surface area contributed by atoms with Gasteiger partial charge >= 0.3 is 6.18 Å². The summed E-state index contributed by atoms with van der Waals surface area (Å²) in [6.45, 7) is 1.52. The van der Waals surface area contributed by atoms with Gasteiger partial charge in [-0.2, -0.15) is 13.2 Å². The van der Waals surface area contributed by atoms with E-state index in [0.29, 0.717) is 31.9 Å². The van der Waals surface area contributed by atoms with E-state index in [0.717, 1.165) is 10.9 Å². The number of nitrogens with zero attached hydrogens (tertiary/aromatic N) is 4. The molecule has 1 aromatic rings. The van der Waals surface area contributed by atoms with Crippen molar-refractivity contribution in [2.24, 2.45) is 0 Å².